The molecule has 6 heteroatoms. The van der Waals surface area contributed by atoms with E-state index in [-0.39, 0.29) is 23.9 Å². The number of likely N-dealkylation sites (tertiary alicyclic amines) is 1. The number of piperidine rings is 1. The van der Waals surface area contributed by atoms with Crippen molar-refractivity contribution in [3.8, 4) is 0 Å². The summed E-state index contributed by atoms with van der Waals surface area (Å²) >= 11 is 0. The van der Waals surface area contributed by atoms with Crippen LogP contribution in [0.5, 0.6) is 0 Å². The van der Waals surface area contributed by atoms with Crippen LogP contribution in [-0.2, 0) is 4.79 Å². The first-order chi connectivity index (χ1) is 9.31. The molecule has 0 aromatic heterocycles. The van der Waals surface area contributed by atoms with Gasteiger partial charge in [0, 0.05) is 39.1 Å². The van der Waals surface area contributed by atoms with E-state index in [0.29, 0.717) is 32.4 Å². The molecule has 2 atom stereocenters. The van der Waals surface area contributed by atoms with E-state index in [1.54, 1.807) is 30.8 Å². The molecule has 2 unspecified atom stereocenters. The van der Waals surface area contributed by atoms with Gasteiger partial charge in [-0.1, -0.05) is 0 Å². The van der Waals surface area contributed by atoms with Crippen molar-refractivity contribution in [2.24, 2.45) is 5.92 Å². The van der Waals surface area contributed by atoms with Gasteiger partial charge in [-0.05, 0) is 33.1 Å². The minimum Gasteiger partial charge on any atom is -0.393 e. The van der Waals surface area contributed by atoms with Crippen molar-refractivity contribution in [3.05, 3.63) is 0 Å². The van der Waals surface area contributed by atoms with E-state index in [9.17, 15) is 14.7 Å². The quantitative estimate of drug-likeness (QED) is 0.797. The zero-order valence-corrected chi connectivity index (χ0v) is 12.9. The van der Waals surface area contributed by atoms with E-state index in [4.69, 9.17) is 0 Å². The second kappa shape index (κ2) is 7.47. The van der Waals surface area contributed by atoms with Crippen LogP contribution in [0.4, 0.5) is 4.79 Å². The van der Waals surface area contributed by atoms with Gasteiger partial charge in [0.15, 0.2) is 0 Å². The van der Waals surface area contributed by atoms with Gasteiger partial charge in [0.25, 0.3) is 0 Å². The molecule has 1 saturated heterocycles. The fourth-order valence-electron chi connectivity index (χ4n) is 2.55. The van der Waals surface area contributed by atoms with Crippen molar-refractivity contribution in [2.45, 2.75) is 45.3 Å². The van der Waals surface area contributed by atoms with E-state index >= 15 is 0 Å². The Hall–Kier alpha value is -1.30. The first-order valence-electron chi connectivity index (χ1n) is 7.26. The summed E-state index contributed by atoms with van der Waals surface area (Å²) in [6.45, 7) is 4.86. The number of rotatable bonds is 4. The Morgan fingerprint density at radius 3 is 2.30 bits per heavy atom. The van der Waals surface area contributed by atoms with Crippen molar-refractivity contribution in [2.75, 3.05) is 27.2 Å². The number of hydrogen-bond acceptors (Lipinski definition) is 3. The summed E-state index contributed by atoms with van der Waals surface area (Å²) in [5.74, 6) is 0.00719. The molecule has 6 nitrogen and oxygen atoms in total. The Kier molecular flexibility index (Phi) is 6.26. The second-order valence-electron chi connectivity index (χ2n) is 5.93. The monoisotopic (exact) mass is 285 g/mol. The van der Waals surface area contributed by atoms with Gasteiger partial charge in [-0.3, -0.25) is 4.79 Å². The number of carbonyl (C=O) groups excluding carboxylic acids is 2. The van der Waals surface area contributed by atoms with E-state index in [1.807, 2.05) is 6.92 Å². The Morgan fingerprint density at radius 2 is 1.85 bits per heavy atom. The molecule has 116 valence electrons. The van der Waals surface area contributed by atoms with Crippen LogP contribution >= 0.6 is 0 Å². The van der Waals surface area contributed by atoms with Crippen LogP contribution in [0, 0.1) is 5.92 Å². The molecular weight excluding hydrogens is 258 g/mol. The van der Waals surface area contributed by atoms with Gasteiger partial charge in [0.2, 0.25) is 5.91 Å². The molecule has 0 bridgehead atoms. The fourth-order valence-corrected chi connectivity index (χ4v) is 2.55. The molecule has 0 radical (unpaired) electrons. The van der Waals surface area contributed by atoms with E-state index in [0.717, 1.165) is 0 Å². The van der Waals surface area contributed by atoms with Crippen LogP contribution in [0.1, 0.15) is 33.1 Å². The summed E-state index contributed by atoms with van der Waals surface area (Å²) in [6.07, 6.45) is 1.55. The van der Waals surface area contributed by atoms with Crippen molar-refractivity contribution in [1.29, 1.82) is 0 Å². The largest absolute Gasteiger partial charge is 0.393 e. The van der Waals surface area contributed by atoms with Crippen molar-refractivity contribution < 1.29 is 14.7 Å². The number of hydrogen-bond donors (Lipinski definition) is 2. The number of carbonyl (C=O) groups is 2. The molecule has 1 rings (SSSR count). The molecule has 0 aromatic rings. The number of urea groups is 1. The predicted octanol–water partition coefficient (Wildman–Crippen LogP) is 0.656. The maximum Gasteiger partial charge on any atom is 0.319 e. The number of aliphatic hydroxyl groups excluding tert-OH is 1. The van der Waals surface area contributed by atoms with Crippen LogP contribution in [0.2, 0.25) is 0 Å². The van der Waals surface area contributed by atoms with Gasteiger partial charge in [-0.15, -0.1) is 0 Å². The Labute approximate surface area is 121 Å². The van der Waals surface area contributed by atoms with E-state index in [1.165, 1.54) is 0 Å². The lowest BCUT2D eigenvalue weighted by atomic mass is 9.95. The van der Waals surface area contributed by atoms with E-state index in [2.05, 4.69) is 5.32 Å². The molecule has 0 aromatic carbocycles. The molecule has 1 heterocycles. The third-order valence-electron chi connectivity index (χ3n) is 3.60. The van der Waals surface area contributed by atoms with Crippen molar-refractivity contribution in [3.63, 3.8) is 0 Å². The first-order valence-corrected chi connectivity index (χ1v) is 7.26. The maximum absolute atomic E-state index is 12.1. The summed E-state index contributed by atoms with van der Waals surface area (Å²) in [7, 11) is 3.47. The summed E-state index contributed by atoms with van der Waals surface area (Å²) in [6, 6.07) is -0.0183. The Balaban J connectivity index is 2.37. The highest BCUT2D eigenvalue weighted by molar-refractivity contribution is 5.79. The number of nitrogens with one attached hydrogen (secondary N) is 1. The third-order valence-corrected chi connectivity index (χ3v) is 3.60. The van der Waals surface area contributed by atoms with Crippen LogP contribution in [0.3, 0.4) is 0 Å². The Morgan fingerprint density at radius 1 is 1.30 bits per heavy atom. The summed E-state index contributed by atoms with van der Waals surface area (Å²) in [5.41, 5.74) is 0. The lowest BCUT2D eigenvalue weighted by Crippen LogP contribution is -2.47. The molecule has 0 spiro atoms. The number of nitrogens with zero attached hydrogens (tertiary/aromatic N) is 2. The molecule has 20 heavy (non-hydrogen) atoms. The molecule has 2 N–H and O–H groups in total. The number of amides is 3. The minimum atomic E-state index is -0.412. The van der Waals surface area contributed by atoms with E-state index < -0.39 is 6.10 Å². The summed E-state index contributed by atoms with van der Waals surface area (Å²) in [4.78, 5) is 27.2. The topological polar surface area (TPSA) is 72.9 Å². The normalized spacial score (nSPS) is 19.4. The van der Waals surface area contributed by atoms with Gasteiger partial charge in [-0.25, -0.2) is 4.79 Å². The molecule has 1 aliphatic heterocycles. The highest BCUT2D eigenvalue weighted by Gasteiger charge is 2.28. The number of aliphatic hydroxyl groups is 1. The molecule has 0 aliphatic carbocycles. The maximum atomic E-state index is 12.1. The first kappa shape index (κ1) is 16.8. The molecule has 1 aliphatic rings. The molecule has 0 saturated carbocycles. The lowest BCUT2D eigenvalue weighted by Gasteiger charge is -2.33. The average molecular weight is 285 g/mol. The van der Waals surface area contributed by atoms with Crippen molar-refractivity contribution in [1.82, 2.24) is 15.1 Å². The molecule has 1 fully saturated rings. The van der Waals surface area contributed by atoms with Crippen molar-refractivity contribution >= 4 is 11.9 Å². The highest BCUT2D eigenvalue weighted by atomic mass is 16.3. The van der Waals surface area contributed by atoms with Gasteiger partial charge in [0.05, 0.1) is 6.10 Å². The average Bonchev–Trinajstić information content (AvgIpc) is 2.36. The van der Waals surface area contributed by atoms with Crippen LogP contribution in [0.15, 0.2) is 0 Å². The van der Waals surface area contributed by atoms with Crippen LogP contribution in [-0.4, -0.2) is 66.2 Å². The third kappa shape index (κ3) is 5.00. The van der Waals surface area contributed by atoms with Gasteiger partial charge >= 0.3 is 6.03 Å². The van der Waals surface area contributed by atoms with Gasteiger partial charge in [0.1, 0.15) is 0 Å². The van der Waals surface area contributed by atoms with Gasteiger partial charge in [-0.2, -0.15) is 0 Å². The summed E-state index contributed by atoms with van der Waals surface area (Å²) < 4.78 is 0. The smallest absolute Gasteiger partial charge is 0.319 e. The summed E-state index contributed by atoms with van der Waals surface area (Å²) in [5, 5.41) is 12.2. The Bertz CT molecular complexity index is 337. The zero-order chi connectivity index (χ0) is 15.3. The van der Waals surface area contributed by atoms with Crippen LogP contribution < -0.4 is 5.32 Å². The van der Waals surface area contributed by atoms with Gasteiger partial charge < -0.3 is 20.2 Å². The highest BCUT2D eigenvalue weighted by Crippen LogP contribution is 2.18. The second-order valence-corrected chi connectivity index (χ2v) is 5.93. The van der Waals surface area contributed by atoms with Crippen LogP contribution in [0.25, 0.3) is 0 Å². The fraction of sp³-hybridized carbons (Fsp3) is 0.857. The standard InChI is InChI=1S/C14H27N3O3/c1-10(9-11(2)18)15-13(19)12-5-7-17(8-6-12)14(20)16(3)4/h10-12,18H,5-9H2,1-4H3,(H,15,19). The predicted molar refractivity (Wildman–Crippen MR) is 77.3 cm³/mol. The SMILES string of the molecule is CC(O)CC(C)NC(=O)C1CCN(C(=O)N(C)C)CC1. The lowest BCUT2D eigenvalue weighted by molar-refractivity contribution is -0.127. The minimum absolute atomic E-state index is 0.00586. The molecule has 3 amide bonds. The molecular formula is C14H27N3O3. The zero-order valence-electron chi connectivity index (χ0n) is 12.9.